The second kappa shape index (κ2) is 12.4. The van der Waals surface area contributed by atoms with E-state index >= 15 is 0 Å². The first-order valence-electron chi connectivity index (χ1n) is 11.6. The second-order valence-electron chi connectivity index (χ2n) is 8.11. The first kappa shape index (κ1) is 25.5. The first-order valence-corrected chi connectivity index (χ1v) is 12.4. The Morgan fingerprint density at radius 2 is 1.78 bits per heavy atom. The summed E-state index contributed by atoms with van der Waals surface area (Å²) >= 11 is 1.38. The lowest BCUT2D eigenvalue weighted by molar-refractivity contribution is 0.0384. The fraction of sp³-hybridized carbons (Fsp3) is 0.360. The summed E-state index contributed by atoms with van der Waals surface area (Å²) in [5, 5.41) is 15.3. The van der Waals surface area contributed by atoms with Crippen LogP contribution in [0.15, 0.2) is 42.5 Å². The Labute approximate surface area is 213 Å². The quantitative estimate of drug-likeness (QED) is 0.427. The molecule has 2 aromatic carbocycles. The van der Waals surface area contributed by atoms with E-state index in [0.717, 1.165) is 49.8 Å². The van der Waals surface area contributed by atoms with Gasteiger partial charge in [0.1, 0.15) is 5.01 Å². The molecule has 3 aromatic rings. The molecule has 1 fully saturated rings. The summed E-state index contributed by atoms with van der Waals surface area (Å²) in [5.41, 5.74) is 1.71. The number of anilines is 1. The van der Waals surface area contributed by atoms with Gasteiger partial charge in [-0.25, -0.2) is 0 Å². The highest BCUT2D eigenvalue weighted by Crippen LogP contribution is 2.27. The number of benzene rings is 2. The van der Waals surface area contributed by atoms with Crippen molar-refractivity contribution in [2.45, 2.75) is 13.0 Å². The van der Waals surface area contributed by atoms with Crippen molar-refractivity contribution in [3.8, 4) is 11.5 Å². The SMILES string of the molecule is COc1ccc(C(=O)NCc2cccc(C(=O)Nc3nnc(CCN4CCOCC4)s3)c2)cc1OC. The van der Waals surface area contributed by atoms with E-state index in [1.54, 1.807) is 36.4 Å². The fourth-order valence-corrected chi connectivity index (χ4v) is 4.46. The number of hydrogen-bond acceptors (Lipinski definition) is 9. The van der Waals surface area contributed by atoms with Crippen LogP contribution in [0.3, 0.4) is 0 Å². The molecule has 36 heavy (non-hydrogen) atoms. The molecule has 0 atom stereocenters. The van der Waals surface area contributed by atoms with Gasteiger partial charge in [0.05, 0.1) is 27.4 Å². The molecule has 1 saturated heterocycles. The van der Waals surface area contributed by atoms with Gasteiger partial charge in [-0.05, 0) is 35.9 Å². The molecule has 1 aliphatic heterocycles. The van der Waals surface area contributed by atoms with Gasteiger partial charge in [-0.3, -0.25) is 19.8 Å². The van der Waals surface area contributed by atoms with Crippen LogP contribution in [-0.2, 0) is 17.7 Å². The molecule has 2 amide bonds. The highest BCUT2D eigenvalue weighted by atomic mass is 32.1. The van der Waals surface area contributed by atoms with Crippen LogP contribution in [0.4, 0.5) is 5.13 Å². The molecule has 0 aliphatic carbocycles. The normalized spacial score (nSPS) is 13.7. The van der Waals surface area contributed by atoms with Crippen LogP contribution in [0, 0.1) is 0 Å². The monoisotopic (exact) mass is 511 g/mol. The van der Waals surface area contributed by atoms with E-state index in [9.17, 15) is 9.59 Å². The number of methoxy groups -OCH3 is 2. The van der Waals surface area contributed by atoms with Crippen molar-refractivity contribution in [2.75, 3.05) is 52.4 Å². The maximum Gasteiger partial charge on any atom is 0.257 e. The van der Waals surface area contributed by atoms with Crippen LogP contribution < -0.4 is 20.1 Å². The van der Waals surface area contributed by atoms with Crippen LogP contribution in [0.5, 0.6) is 11.5 Å². The molecule has 0 unspecified atom stereocenters. The van der Waals surface area contributed by atoms with Crippen LogP contribution in [0.2, 0.25) is 0 Å². The smallest absolute Gasteiger partial charge is 0.257 e. The summed E-state index contributed by atoms with van der Waals surface area (Å²) in [6, 6.07) is 12.0. The van der Waals surface area contributed by atoms with Crippen LogP contribution in [0.1, 0.15) is 31.3 Å². The number of rotatable bonds is 10. The summed E-state index contributed by atoms with van der Waals surface area (Å²) in [6.45, 7) is 4.52. The molecule has 11 heteroatoms. The third-order valence-electron chi connectivity index (χ3n) is 5.72. The Bertz CT molecular complexity index is 1200. The van der Waals surface area contributed by atoms with Gasteiger partial charge < -0.3 is 19.5 Å². The summed E-state index contributed by atoms with van der Waals surface area (Å²) in [6.07, 6.45) is 0.781. The lowest BCUT2D eigenvalue weighted by Gasteiger charge is -2.25. The predicted molar refractivity (Wildman–Crippen MR) is 136 cm³/mol. The highest BCUT2D eigenvalue weighted by Gasteiger charge is 2.15. The number of ether oxygens (including phenoxy) is 3. The minimum absolute atomic E-state index is 0.260. The lowest BCUT2D eigenvalue weighted by Crippen LogP contribution is -2.37. The van der Waals surface area contributed by atoms with E-state index in [4.69, 9.17) is 14.2 Å². The molecule has 1 aromatic heterocycles. The first-order chi connectivity index (χ1) is 17.6. The standard InChI is InChI=1S/C25H29N5O5S/c1-33-20-7-6-19(15-21(20)34-2)23(31)26-16-17-4-3-5-18(14-17)24(32)27-25-29-28-22(36-25)8-9-30-10-12-35-13-11-30/h3-7,14-15H,8-13,16H2,1-2H3,(H,26,31)(H,27,29,32). The Morgan fingerprint density at radius 3 is 2.56 bits per heavy atom. The molecular formula is C25H29N5O5S. The van der Waals surface area contributed by atoms with Gasteiger partial charge in [-0.2, -0.15) is 0 Å². The van der Waals surface area contributed by atoms with Crippen LogP contribution in [0.25, 0.3) is 0 Å². The summed E-state index contributed by atoms with van der Waals surface area (Å²) in [4.78, 5) is 27.7. The van der Waals surface area contributed by atoms with E-state index in [1.165, 1.54) is 25.6 Å². The van der Waals surface area contributed by atoms with E-state index in [0.29, 0.717) is 27.8 Å². The third kappa shape index (κ3) is 6.78. The van der Waals surface area contributed by atoms with E-state index in [-0.39, 0.29) is 18.4 Å². The minimum Gasteiger partial charge on any atom is -0.493 e. The van der Waals surface area contributed by atoms with E-state index in [1.807, 2.05) is 6.07 Å². The molecular weight excluding hydrogens is 482 g/mol. The number of aromatic nitrogens is 2. The molecule has 1 aliphatic rings. The Balaban J connectivity index is 1.30. The number of carbonyl (C=O) groups is 2. The van der Waals surface area contributed by atoms with E-state index in [2.05, 4.69) is 25.7 Å². The van der Waals surface area contributed by atoms with Crippen molar-refractivity contribution in [3.05, 3.63) is 64.2 Å². The van der Waals surface area contributed by atoms with Crippen molar-refractivity contribution >= 4 is 28.3 Å². The fourth-order valence-electron chi connectivity index (χ4n) is 3.74. The second-order valence-corrected chi connectivity index (χ2v) is 9.17. The van der Waals surface area contributed by atoms with Crippen molar-refractivity contribution in [1.29, 1.82) is 0 Å². The van der Waals surface area contributed by atoms with Gasteiger partial charge in [0.25, 0.3) is 11.8 Å². The number of nitrogens with zero attached hydrogens (tertiary/aromatic N) is 3. The Hall–Kier alpha value is -3.54. The number of hydrogen-bond donors (Lipinski definition) is 2. The summed E-state index contributed by atoms with van der Waals surface area (Å²) in [5.74, 6) is 0.486. The maximum absolute atomic E-state index is 12.8. The van der Waals surface area contributed by atoms with Gasteiger partial charge in [-0.15, -0.1) is 10.2 Å². The molecule has 0 radical (unpaired) electrons. The summed E-state index contributed by atoms with van der Waals surface area (Å²) < 4.78 is 15.8. The average Bonchev–Trinajstić information content (AvgIpc) is 3.38. The van der Waals surface area contributed by atoms with Crippen LogP contribution in [-0.4, -0.2) is 74.0 Å². The Morgan fingerprint density at radius 1 is 1.00 bits per heavy atom. The van der Waals surface area contributed by atoms with Gasteiger partial charge >= 0.3 is 0 Å². The highest BCUT2D eigenvalue weighted by molar-refractivity contribution is 7.15. The zero-order chi connectivity index (χ0) is 25.3. The molecule has 2 heterocycles. The molecule has 0 bridgehead atoms. The van der Waals surface area contributed by atoms with Crippen molar-refractivity contribution in [1.82, 2.24) is 20.4 Å². The maximum atomic E-state index is 12.8. The number of carbonyl (C=O) groups excluding carboxylic acids is 2. The zero-order valence-electron chi connectivity index (χ0n) is 20.3. The molecule has 10 nitrogen and oxygen atoms in total. The van der Waals surface area contributed by atoms with Gasteiger partial charge in [-0.1, -0.05) is 23.5 Å². The molecule has 4 rings (SSSR count). The largest absolute Gasteiger partial charge is 0.493 e. The zero-order valence-corrected chi connectivity index (χ0v) is 21.1. The average molecular weight is 512 g/mol. The third-order valence-corrected chi connectivity index (χ3v) is 6.62. The van der Waals surface area contributed by atoms with Crippen LogP contribution >= 0.6 is 11.3 Å². The van der Waals surface area contributed by atoms with Gasteiger partial charge in [0.15, 0.2) is 11.5 Å². The predicted octanol–water partition coefficient (Wildman–Crippen LogP) is 2.61. The van der Waals surface area contributed by atoms with Crippen molar-refractivity contribution < 1.29 is 23.8 Å². The molecule has 190 valence electrons. The van der Waals surface area contributed by atoms with Gasteiger partial charge in [0.2, 0.25) is 5.13 Å². The lowest BCUT2D eigenvalue weighted by atomic mass is 10.1. The van der Waals surface area contributed by atoms with Crippen molar-refractivity contribution in [3.63, 3.8) is 0 Å². The molecule has 2 N–H and O–H groups in total. The number of morpholine rings is 1. The van der Waals surface area contributed by atoms with Gasteiger partial charge in [0, 0.05) is 43.7 Å². The molecule has 0 spiro atoms. The van der Waals surface area contributed by atoms with E-state index < -0.39 is 0 Å². The topological polar surface area (TPSA) is 115 Å². The molecule has 0 saturated carbocycles. The number of nitrogens with one attached hydrogen (secondary N) is 2. The van der Waals surface area contributed by atoms with Crippen molar-refractivity contribution in [2.24, 2.45) is 0 Å². The summed E-state index contributed by atoms with van der Waals surface area (Å²) in [7, 11) is 3.06. The number of amides is 2. The minimum atomic E-state index is -0.279. The Kier molecular flexibility index (Phi) is 8.82.